The van der Waals surface area contributed by atoms with Crippen LogP contribution in [0.25, 0.3) is 10.9 Å². The summed E-state index contributed by atoms with van der Waals surface area (Å²) in [5.41, 5.74) is 6.63. The van der Waals surface area contributed by atoms with E-state index in [4.69, 9.17) is 17.3 Å². The van der Waals surface area contributed by atoms with Crippen molar-refractivity contribution in [3.63, 3.8) is 0 Å². The maximum Gasteiger partial charge on any atom is 0.252 e. The minimum Gasteiger partial charge on any atom is -0.326 e. The second kappa shape index (κ2) is 4.66. The van der Waals surface area contributed by atoms with Gasteiger partial charge in [0.15, 0.2) is 0 Å². The number of hydrogen-bond acceptors (Lipinski definition) is 2. The van der Waals surface area contributed by atoms with E-state index in [1.807, 2.05) is 0 Å². The van der Waals surface area contributed by atoms with Gasteiger partial charge in [0.25, 0.3) is 5.56 Å². The quantitative estimate of drug-likeness (QED) is 0.807. The van der Waals surface area contributed by atoms with Crippen LogP contribution in [0.5, 0.6) is 0 Å². The van der Waals surface area contributed by atoms with Gasteiger partial charge in [-0.25, -0.2) is 0 Å². The topological polar surface area (TPSA) is 58.9 Å². The number of H-pyrrole nitrogens is 1. The van der Waals surface area contributed by atoms with Gasteiger partial charge in [-0.15, -0.1) is 12.4 Å². The number of hydrogen-bond donors (Lipinski definition) is 2. The molecule has 0 radical (unpaired) electrons. The largest absolute Gasteiger partial charge is 0.326 e. The van der Waals surface area contributed by atoms with Crippen molar-refractivity contribution in [3.05, 3.63) is 45.2 Å². The van der Waals surface area contributed by atoms with Gasteiger partial charge in [0, 0.05) is 28.0 Å². The van der Waals surface area contributed by atoms with E-state index < -0.39 is 0 Å². The highest BCUT2D eigenvalue weighted by Crippen LogP contribution is 2.16. The molecule has 0 bridgehead atoms. The molecule has 0 aliphatic heterocycles. The van der Waals surface area contributed by atoms with Crippen molar-refractivity contribution in [2.45, 2.75) is 6.54 Å². The maximum absolute atomic E-state index is 11.4. The van der Waals surface area contributed by atoms with Crippen LogP contribution >= 0.6 is 24.0 Å². The molecule has 0 unspecified atom stereocenters. The lowest BCUT2D eigenvalue weighted by Gasteiger charge is -2.00. The lowest BCUT2D eigenvalue weighted by Crippen LogP contribution is -2.15. The molecule has 0 aliphatic rings. The van der Waals surface area contributed by atoms with Crippen LogP contribution in [0.2, 0.25) is 5.02 Å². The molecule has 3 nitrogen and oxygen atoms in total. The third-order valence-corrected chi connectivity index (χ3v) is 2.34. The third-order valence-electron chi connectivity index (χ3n) is 2.10. The molecule has 0 spiro atoms. The second-order valence-corrected chi connectivity index (χ2v) is 3.50. The first-order valence-electron chi connectivity index (χ1n) is 4.22. The number of aromatic nitrogens is 1. The number of fused-ring (bicyclic) bond motifs is 1. The fraction of sp³-hybridized carbons (Fsp3) is 0.100. The van der Waals surface area contributed by atoms with Crippen molar-refractivity contribution in [2.24, 2.45) is 5.73 Å². The summed E-state index contributed by atoms with van der Waals surface area (Å²) in [6, 6.07) is 7.08. The monoisotopic (exact) mass is 244 g/mol. The molecule has 0 saturated carbocycles. The molecule has 2 aromatic rings. The molecule has 0 atom stereocenters. The normalized spacial score (nSPS) is 10.0. The van der Waals surface area contributed by atoms with Gasteiger partial charge in [-0.1, -0.05) is 11.6 Å². The fourth-order valence-electron chi connectivity index (χ4n) is 1.37. The first-order valence-corrected chi connectivity index (χ1v) is 4.60. The lowest BCUT2D eigenvalue weighted by molar-refractivity contribution is 1.03. The number of rotatable bonds is 1. The van der Waals surface area contributed by atoms with E-state index in [0.29, 0.717) is 10.6 Å². The van der Waals surface area contributed by atoms with E-state index in [2.05, 4.69) is 4.98 Å². The summed E-state index contributed by atoms with van der Waals surface area (Å²) in [6.45, 7) is 0.234. The Morgan fingerprint density at radius 2 is 2.07 bits per heavy atom. The molecule has 1 heterocycles. The van der Waals surface area contributed by atoms with Gasteiger partial charge < -0.3 is 10.7 Å². The van der Waals surface area contributed by atoms with Crippen LogP contribution in [0.3, 0.4) is 0 Å². The molecular weight excluding hydrogens is 235 g/mol. The summed E-state index contributed by atoms with van der Waals surface area (Å²) in [7, 11) is 0. The molecule has 3 N–H and O–H groups in total. The first kappa shape index (κ1) is 12.0. The zero-order chi connectivity index (χ0) is 10.1. The summed E-state index contributed by atoms with van der Waals surface area (Å²) in [4.78, 5) is 14.1. The summed E-state index contributed by atoms with van der Waals surface area (Å²) in [5, 5.41) is 1.55. The molecule has 0 fully saturated rings. The van der Waals surface area contributed by atoms with Crippen molar-refractivity contribution in [3.8, 4) is 0 Å². The van der Waals surface area contributed by atoms with Crippen LogP contribution in [0.15, 0.2) is 29.1 Å². The van der Waals surface area contributed by atoms with Crippen LogP contribution in [0.1, 0.15) is 5.56 Å². The third kappa shape index (κ3) is 2.31. The van der Waals surface area contributed by atoms with Crippen molar-refractivity contribution < 1.29 is 0 Å². The van der Waals surface area contributed by atoms with Crippen LogP contribution in [-0.2, 0) is 6.54 Å². The van der Waals surface area contributed by atoms with Gasteiger partial charge in [-0.2, -0.15) is 0 Å². The molecule has 15 heavy (non-hydrogen) atoms. The zero-order valence-electron chi connectivity index (χ0n) is 7.79. The molecule has 0 saturated heterocycles. The molecule has 0 amide bonds. The summed E-state index contributed by atoms with van der Waals surface area (Å²) in [5.74, 6) is 0. The highest BCUT2D eigenvalue weighted by molar-refractivity contribution is 6.31. The highest BCUT2D eigenvalue weighted by atomic mass is 35.5. The number of halogens is 2. The van der Waals surface area contributed by atoms with Gasteiger partial charge in [0.1, 0.15) is 0 Å². The Labute approximate surface area is 97.7 Å². The van der Waals surface area contributed by atoms with Crippen LogP contribution in [0.4, 0.5) is 0 Å². The molecular formula is C10H10Cl2N2O. The predicted molar refractivity (Wildman–Crippen MR) is 64.7 cm³/mol. The fourth-order valence-corrected chi connectivity index (χ4v) is 1.55. The first-order chi connectivity index (χ1) is 6.70. The Morgan fingerprint density at radius 1 is 1.33 bits per heavy atom. The van der Waals surface area contributed by atoms with E-state index in [1.165, 1.54) is 0 Å². The summed E-state index contributed by atoms with van der Waals surface area (Å²) >= 11 is 5.83. The Bertz CT molecular complexity index is 536. The Hall–Kier alpha value is -1.03. The van der Waals surface area contributed by atoms with Gasteiger partial charge in [-0.3, -0.25) is 4.79 Å². The van der Waals surface area contributed by atoms with E-state index in [9.17, 15) is 4.79 Å². The molecule has 1 aromatic carbocycles. The SMILES string of the molecule is Cl.NCc1cc2cc(Cl)ccc2[nH]c1=O. The average molecular weight is 245 g/mol. The number of nitrogens with one attached hydrogen (secondary N) is 1. The van der Waals surface area contributed by atoms with Crippen molar-refractivity contribution in [1.29, 1.82) is 0 Å². The minimum atomic E-state index is -0.137. The van der Waals surface area contributed by atoms with Crippen LogP contribution < -0.4 is 11.3 Å². The Balaban J connectivity index is 0.00000112. The number of aromatic amines is 1. The lowest BCUT2D eigenvalue weighted by atomic mass is 10.1. The molecule has 5 heteroatoms. The van der Waals surface area contributed by atoms with Crippen molar-refractivity contribution in [1.82, 2.24) is 4.98 Å². The maximum atomic E-state index is 11.4. The van der Waals surface area contributed by atoms with Gasteiger partial charge in [0.2, 0.25) is 0 Å². The van der Waals surface area contributed by atoms with Crippen molar-refractivity contribution >= 4 is 34.9 Å². The smallest absolute Gasteiger partial charge is 0.252 e. The van der Waals surface area contributed by atoms with Crippen LogP contribution in [-0.4, -0.2) is 4.98 Å². The second-order valence-electron chi connectivity index (χ2n) is 3.06. The number of nitrogens with two attached hydrogens (primary N) is 1. The predicted octanol–water partition coefficient (Wildman–Crippen LogP) is 2.06. The van der Waals surface area contributed by atoms with E-state index in [0.717, 1.165) is 10.9 Å². The summed E-state index contributed by atoms with van der Waals surface area (Å²) in [6.07, 6.45) is 0. The van der Waals surface area contributed by atoms with E-state index in [1.54, 1.807) is 24.3 Å². The van der Waals surface area contributed by atoms with E-state index in [-0.39, 0.29) is 24.5 Å². The van der Waals surface area contributed by atoms with Crippen LogP contribution in [0, 0.1) is 0 Å². The number of benzene rings is 1. The van der Waals surface area contributed by atoms with Gasteiger partial charge in [-0.05, 0) is 24.3 Å². The molecule has 2 rings (SSSR count). The molecule has 80 valence electrons. The van der Waals surface area contributed by atoms with Gasteiger partial charge >= 0.3 is 0 Å². The Kier molecular flexibility index (Phi) is 3.74. The van der Waals surface area contributed by atoms with Gasteiger partial charge in [0.05, 0.1) is 0 Å². The zero-order valence-corrected chi connectivity index (χ0v) is 9.36. The van der Waals surface area contributed by atoms with E-state index >= 15 is 0 Å². The molecule has 1 aromatic heterocycles. The Morgan fingerprint density at radius 3 is 2.73 bits per heavy atom. The summed E-state index contributed by atoms with van der Waals surface area (Å²) < 4.78 is 0. The number of pyridine rings is 1. The highest BCUT2D eigenvalue weighted by Gasteiger charge is 2.00. The van der Waals surface area contributed by atoms with Crippen molar-refractivity contribution in [2.75, 3.05) is 0 Å². The average Bonchev–Trinajstić information content (AvgIpc) is 2.17. The standard InChI is InChI=1S/C10H9ClN2O.ClH/c11-8-1-2-9-6(4-8)3-7(5-12)10(14)13-9;/h1-4H,5,12H2,(H,13,14);1H. The minimum absolute atomic E-state index is 0. The molecule has 0 aliphatic carbocycles.